The lowest BCUT2D eigenvalue weighted by Crippen LogP contribution is -2.53. The van der Waals surface area contributed by atoms with Crippen molar-refractivity contribution in [3.63, 3.8) is 0 Å². The summed E-state index contributed by atoms with van der Waals surface area (Å²) < 4.78 is 37.5. The first kappa shape index (κ1) is 31.3. The average Bonchev–Trinajstić information content (AvgIpc) is 2.99. The molecule has 2 saturated heterocycles. The summed E-state index contributed by atoms with van der Waals surface area (Å²) in [4.78, 5) is 14.1. The fourth-order valence-corrected chi connectivity index (χ4v) is 7.16. The van der Waals surface area contributed by atoms with Gasteiger partial charge in [0.25, 0.3) is 0 Å². The molecule has 2 aliphatic rings. The van der Waals surface area contributed by atoms with E-state index in [1.54, 1.807) is 45.2 Å². The number of piperidine rings is 1. The maximum atomic E-state index is 12.9. The number of rotatable bonds is 9. The van der Waals surface area contributed by atoms with Crippen molar-refractivity contribution >= 4 is 50.3 Å². The predicted octanol–water partition coefficient (Wildman–Crippen LogP) is 5.89. The van der Waals surface area contributed by atoms with Crippen molar-refractivity contribution < 1.29 is 17.9 Å². The second-order valence-electron chi connectivity index (χ2n) is 11.5. The van der Waals surface area contributed by atoms with Gasteiger partial charge in [0.05, 0.1) is 47.0 Å². The molecule has 43 heavy (non-hydrogen) atoms. The van der Waals surface area contributed by atoms with E-state index in [2.05, 4.69) is 50.3 Å². The average molecular weight is 629 g/mol. The highest BCUT2D eigenvalue weighted by Crippen LogP contribution is 2.35. The van der Waals surface area contributed by atoms with Crippen molar-refractivity contribution in [1.29, 1.82) is 0 Å². The molecule has 232 valence electrons. The smallest absolute Gasteiger partial charge is 0.229 e. The van der Waals surface area contributed by atoms with Gasteiger partial charge in [-0.3, -0.25) is 4.90 Å². The highest BCUT2D eigenvalue weighted by molar-refractivity contribution is 7.92. The molecule has 2 unspecified atom stereocenters. The SMILES string of the molecule is COc1cc(N2CCC(N3CC(C)OC(C)C3)CC2)ccc1Nc1ncc(Cl)c(Nc2ccccc2S(=O)(=O)C(C)C)n1. The standard InChI is InChI=1S/C31H41ClN6O4S/c1-20(2)43(39,40)29-9-7-6-8-27(29)34-30-25(32)17-33-31(36-30)35-26-11-10-24(16-28(26)41-5)37-14-12-23(13-15-37)38-18-21(3)42-22(4)19-38/h6-11,16-17,20-23H,12-15,18-19H2,1-5H3,(H2,33,34,35,36). The van der Waals surface area contributed by atoms with Gasteiger partial charge in [0.1, 0.15) is 10.8 Å². The Balaban J connectivity index is 1.28. The molecule has 0 aliphatic carbocycles. The maximum absolute atomic E-state index is 12.9. The minimum Gasteiger partial charge on any atom is -0.494 e. The lowest BCUT2D eigenvalue weighted by atomic mass is 10.0. The van der Waals surface area contributed by atoms with Crippen LogP contribution in [0.5, 0.6) is 5.75 Å². The van der Waals surface area contributed by atoms with Crippen LogP contribution in [0.3, 0.4) is 0 Å². The van der Waals surface area contributed by atoms with Crippen LogP contribution in [0, 0.1) is 0 Å². The summed E-state index contributed by atoms with van der Waals surface area (Å²) in [6, 6.07) is 13.4. The van der Waals surface area contributed by atoms with Gasteiger partial charge in [0.15, 0.2) is 15.7 Å². The molecule has 10 nitrogen and oxygen atoms in total. The molecule has 0 amide bonds. The minimum atomic E-state index is -3.53. The molecule has 12 heteroatoms. The van der Waals surface area contributed by atoms with Crippen LogP contribution in [0.15, 0.2) is 53.6 Å². The van der Waals surface area contributed by atoms with Crippen LogP contribution < -0.4 is 20.3 Å². The molecule has 0 radical (unpaired) electrons. The van der Waals surface area contributed by atoms with E-state index in [9.17, 15) is 8.42 Å². The molecule has 0 bridgehead atoms. The second kappa shape index (κ2) is 13.3. The zero-order valence-electron chi connectivity index (χ0n) is 25.4. The molecular weight excluding hydrogens is 588 g/mol. The molecule has 2 atom stereocenters. The van der Waals surface area contributed by atoms with Crippen LogP contribution in [0.1, 0.15) is 40.5 Å². The molecule has 3 heterocycles. The van der Waals surface area contributed by atoms with Crippen LogP contribution in [-0.4, -0.2) is 80.1 Å². The zero-order valence-corrected chi connectivity index (χ0v) is 27.0. The van der Waals surface area contributed by atoms with Gasteiger partial charge in [0, 0.05) is 44.0 Å². The molecular formula is C31H41ClN6O4S. The largest absolute Gasteiger partial charge is 0.494 e. The first-order valence-corrected chi connectivity index (χ1v) is 16.7. The highest BCUT2D eigenvalue weighted by Gasteiger charge is 2.31. The fourth-order valence-electron chi connectivity index (χ4n) is 5.82. The van der Waals surface area contributed by atoms with Crippen molar-refractivity contribution in [3.8, 4) is 5.75 Å². The van der Waals surface area contributed by atoms with Crippen LogP contribution in [0.25, 0.3) is 0 Å². The number of hydrogen-bond donors (Lipinski definition) is 2. The van der Waals surface area contributed by atoms with Gasteiger partial charge in [-0.2, -0.15) is 4.98 Å². The molecule has 2 fully saturated rings. The summed E-state index contributed by atoms with van der Waals surface area (Å²) in [6.07, 6.45) is 4.24. The van der Waals surface area contributed by atoms with Gasteiger partial charge in [-0.15, -0.1) is 0 Å². The lowest BCUT2D eigenvalue weighted by Gasteiger charge is -2.44. The summed E-state index contributed by atoms with van der Waals surface area (Å²) in [5.41, 5.74) is 2.20. The summed E-state index contributed by atoms with van der Waals surface area (Å²) in [7, 11) is -1.89. The number of ether oxygens (including phenoxy) is 2. The molecule has 2 aromatic carbocycles. The van der Waals surface area contributed by atoms with Crippen LogP contribution in [0.4, 0.5) is 28.8 Å². The van der Waals surface area contributed by atoms with E-state index in [-0.39, 0.29) is 33.9 Å². The van der Waals surface area contributed by atoms with Gasteiger partial charge >= 0.3 is 0 Å². The number of hydrogen-bond acceptors (Lipinski definition) is 10. The highest BCUT2D eigenvalue weighted by atomic mass is 35.5. The number of benzene rings is 2. The van der Waals surface area contributed by atoms with Gasteiger partial charge in [-0.25, -0.2) is 13.4 Å². The Bertz CT molecular complexity index is 1520. The summed E-state index contributed by atoms with van der Waals surface area (Å²) in [5.74, 6) is 1.24. The number of halogens is 1. The normalized spacial score (nSPS) is 20.3. The van der Waals surface area contributed by atoms with Crippen molar-refractivity contribution in [1.82, 2.24) is 14.9 Å². The van der Waals surface area contributed by atoms with Gasteiger partial charge in [-0.05, 0) is 64.8 Å². The van der Waals surface area contributed by atoms with Gasteiger partial charge < -0.3 is 25.0 Å². The fraction of sp³-hybridized carbons (Fsp3) is 0.484. The Labute approximate surface area is 259 Å². The van der Waals surface area contributed by atoms with E-state index in [1.807, 2.05) is 12.1 Å². The summed E-state index contributed by atoms with van der Waals surface area (Å²) in [6.45, 7) is 11.6. The van der Waals surface area contributed by atoms with E-state index < -0.39 is 15.1 Å². The second-order valence-corrected chi connectivity index (χ2v) is 14.4. The Kier molecular flexibility index (Phi) is 9.65. The van der Waals surface area contributed by atoms with Gasteiger partial charge in [0.2, 0.25) is 5.95 Å². The van der Waals surface area contributed by atoms with Crippen LogP contribution >= 0.6 is 11.6 Å². The maximum Gasteiger partial charge on any atom is 0.229 e. The number of methoxy groups -OCH3 is 1. The molecule has 2 N–H and O–H groups in total. The number of morpholine rings is 1. The number of aromatic nitrogens is 2. The van der Waals surface area contributed by atoms with E-state index in [1.165, 1.54) is 6.20 Å². The number of sulfone groups is 1. The summed E-state index contributed by atoms with van der Waals surface area (Å²) >= 11 is 6.41. The number of anilines is 5. The first-order valence-electron chi connectivity index (χ1n) is 14.8. The molecule has 0 saturated carbocycles. The third kappa shape index (κ3) is 7.17. The Morgan fingerprint density at radius 2 is 1.72 bits per heavy atom. The van der Waals surface area contributed by atoms with E-state index in [0.29, 0.717) is 23.2 Å². The van der Waals surface area contributed by atoms with E-state index in [4.69, 9.17) is 21.1 Å². The predicted molar refractivity (Wildman–Crippen MR) is 172 cm³/mol. The van der Waals surface area contributed by atoms with Crippen LogP contribution in [0.2, 0.25) is 5.02 Å². The van der Waals surface area contributed by atoms with Crippen molar-refractivity contribution in [3.05, 3.63) is 53.7 Å². The molecule has 2 aliphatic heterocycles. The number of nitrogens with zero attached hydrogens (tertiary/aromatic N) is 4. The van der Waals surface area contributed by atoms with Crippen molar-refractivity contribution in [2.24, 2.45) is 0 Å². The lowest BCUT2D eigenvalue weighted by molar-refractivity contribution is -0.0826. The van der Waals surface area contributed by atoms with Crippen LogP contribution in [-0.2, 0) is 14.6 Å². The quantitative estimate of drug-likeness (QED) is 0.298. The van der Waals surface area contributed by atoms with E-state index in [0.717, 1.165) is 44.7 Å². The van der Waals surface area contributed by atoms with Gasteiger partial charge in [-0.1, -0.05) is 23.7 Å². The monoisotopic (exact) mass is 628 g/mol. The molecule has 1 aromatic heterocycles. The first-order chi connectivity index (χ1) is 20.5. The Hall–Kier alpha value is -3.12. The minimum absolute atomic E-state index is 0.185. The van der Waals surface area contributed by atoms with Crippen molar-refractivity contribution in [2.75, 3.05) is 48.8 Å². The number of para-hydroxylation sites is 1. The Morgan fingerprint density at radius 3 is 2.40 bits per heavy atom. The third-order valence-electron chi connectivity index (χ3n) is 8.04. The Morgan fingerprint density at radius 1 is 1.02 bits per heavy atom. The van der Waals surface area contributed by atoms with Crippen molar-refractivity contribution in [2.45, 2.75) is 68.9 Å². The topological polar surface area (TPSA) is 109 Å². The molecule has 5 rings (SSSR count). The zero-order chi connectivity index (χ0) is 30.7. The molecule has 3 aromatic rings. The van der Waals surface area contributed by atoms with E-state index >= 15 is 0 Å². The summed E-state index contributed by atoms with van der Waals surface area (Å²) in [5, 5.41) is 6.00. The number of nitrogens with one attached hydrogen (secondary N) is 2. The third-order valence-corrected chi connectivity index (χ3v) is 10.5. The molecule has 0 spiro atoms.